The Morgan fingerprint density at radius 1 is 1.27 bits per heavy atom. The van der Waals surface area contributed by atoms with Crippen LogP contribution in [0.15, 0.2) is 24.5 Å². The molecule has 0 aliphatic heterocycles. The molecule has 126 valence electrons. The molecule has 1 atom stereocenters. The van der Waals surface area contributed by atoms with Crippen molar-refractivity contribution < 1.29 is 9.59 Å². The van der Waals surface area contributed by atoms with E-state index in [-0.39, 0.29) is 49.1 Å². The summed E-state index contributed by atoms with van der Waals surface area (Å²) >= 11 is 0. The first-order valence-corrected chi connectivity index (χ1v) is 6.58. The van der Waals surface area contributed by atoms with Crippen LogP contribution >= 0.6 is 24.8 Å². The Balaban J connectivity index is 0. The monoisotopic (exact) mass is 350 g/mol. The Morgan fingerprint density at radius 2 is 1.82 bits per heavy atom. The van der Waals surface area contributed by atoms with Crippen molar-refractivity contribution in [2.24, 2.45) is 11.7 Å². The van der Waals surface area contributed by atoms with Crippen LogP contribution in [0.2, 0.25) is 0 Å². The number of aromatic nitrogens is 1. The second-order valence-corrected chi connectivity index (χ2v) is 5.09. The minimum Gasteiger partial charge on any atom is -0.346 e. The highest BCUT2D eigenvalue weighted by Gasteiger charge is 2.18. The highest BCUT2D eigenvalue weighted by molar-refractivity contribution is 5.87. The molecule has 0 spiro atoms. The molecule has 0 aliphatic rings. The zero-order valence-corrected chi connectivity index (χ0v) is 14.6. The van der Waals surface area contributed by atoms with Crippen LogP contribution in [-0.4, -0.2) is 41.3 Å². The van der Waals surface area contributed by atoms with Crippen molar-refractivity contribution in [3.8, 4) is 0 Å². The lowest BCUT2D eigenvalue weighted by atomic mass is 10.1. The SMILES string of the molecule is CC(C)[C@H](N)C(=O)NCC(=O)N(C)Cc1ccncc1.Cl.Cl. The van der Waals surface area contributed by atoms with Gasteiger partial charge >= 0.3 is 0 Å². The first-order chi connectivity index (χ1) is 9.41. The normalized spacial score (nSPS) is 11.0. The van der Waals surface area contributed by atoms with Gasteiger partial charge in [-0.2, -0.15) is 0 Å². The third-order valence-corrected chi connectivity index (χ3v) is 3.03. The van der Waals surface area contributed by atoms with Gasteiger partial charge in [-0.05, 0) is 23.6 Å². The number of nitrogens with zero attached hydrogens (tertiary/aromatic N) is 2. The van der Waals surface area contributed by atoms with E-state index in [1.54, 1.807) is 24.3 Å². The molecule has 22 heavy (non-hydrogen) atoms. The Labute approximate surface area is 143 Å². The maximum atomic E-state index is 11.9. The predicted molar refractivity (Wildman–Crippen MR) is 91.0 cm³/mol. The molecule has 0 radical (unpaired) electrons. The number of carbonyl (C=O) groups is 2. The van der Waals surface area contributed by atoms with Gasteiger partial charge in [-0.3, -0.25) is 14.6 Å². The van der Waals surface area contributed by atoms with Crippen molar-refractivity contribution in [2.45, 2.75) is 26.4 Å². The van der Waals surface area contributed by atoms with Gasteiger partial charge in [0.25, 0.3) is 0 Å². The average Bonchev–Trinajstić information content (AvgIpc) is 2.44. The topological polar surface area (TPSA) is 88.3 Å². The molecule has 1 rings (SSSR count). The summed E-state index contributed by atoms with van der Waals surface area (Å²) in [5.74, 6) is -0.420. The van der Waals surface area contributed by atoms with Crippen molar-refractivity contribution in [2.75, 3.05) is 13.6 Å². The molecule has 2 amide bonds. The fourth-order valence-corrected chi connectivity index (χ4v) is 1.57. The average molecular weight is 351 g/mol. The first-order valence-electron chi connectivity index (χ1n) is 6.58. The lowest BCUT2D eigenvalue weighted by Crippen LogP contribution is -2.47. The van der Waals surface area contributed by atoms with Crippen LogP contribution in [0.3, 0.4) is 0 Å². The number of carbonyl (C=O) groups excluding carboxylic acids is 2. The van der Waals surface area contributed by atoms with E-state index in [4.69, 9.17) is 5.73 Å². The number of hydrogen-bond donors (Lipinski definition) is 2. The van der Waals surface area contributed by atoms with Crippen molar-refractivity contribution >= 4 is 36.6 Å². The molecule has 0 bridgehead atoms. The minimum atomic E-state index is -0.590. The molecular formula is C14H24Cl2N4O2. The second-order valence-electron chi connectivity index (χ2n) is 5.09. The quantitative estimate of drug-likeness (QED) is 0.800. The van der Waals surface area contributed by atoms with E-state index in [0.29, 0.717) is 6.54 Å². The van der Waals surface area contributed by atoms with Gasteiger partial charge in [0, 0.05) is 26.0 Å². The maximum Gasteiger partial charge on any atom is 0.242 e. The third kappa shape index (κ3) is 7.59. The Morgan fingerprint density at radius 3 is 2.32 bits per heavy atom. The number of likely N-dealkylation sites (N-methyl/N-ethyl adjacent to an activating group) is 1. The first kappa shape index (κ1) is 22.9. The predicted octanol–water partition coefficient (Wildman–Crippen LogP) is 0.983. The van der Waals surface area contributed by atoms with Crippen molar-refractivity contribution in [1.29, 1.82) is 0 Å². The van der Waals surface area contributed by atoms with Gasteiger partial charge in [0.1, 0.15) is 0 Å². The van der Waals surface area contributed by atoms with Gasteiger partial charge in [0.05, 0.1) is 12.6 Å². The van der Waals surface area contributed by atoms with E-state index in [9.17, 15) is 9.59 Å². The van der Waals surface area contributed by atoms with Crippen molar-refractivity contribution in [3.05, 3.63) is 30.1 Å². The summed E-state index contributed by atoms with van der Waals surface area (Å²) in [6, 6.07) is 3.10. The zero-order valence-electron chi connectivity index (χ0n) is 13.0. The molecule has 0 saturated heterocycles. The maximum absolute atomic E-state index is 11.9. The van der Waals surface area contributed by atoms with E-state index in [1.165, 1.54) is 0 Å². The summed E-state index contributed by atoms with van der Waals surface area (Å²) in [6.45, 7) is 4.16. The number of nitrogens with one attached hydrogen (secondary N) is 1. The van der Waals surface area contributed by atoms with Crippen LogP contribution in [0.5, 0.6) is 0 Å². The van der Waals surface area contributed by atoms with Crippen LogP contribution in [0.1, 0.15) is 19.4 Å². The van der Waals surface area contributed by atoms with Gasteiger partial charge in [-0.25, -0.2) is 0 Å². The van der Waals surface area contributed by atoms with Crippen molar-refractivity contribution in [1.82, 2.24) is 15.2 Å². The molecule has 0 aliphatic carbocycles. The fraction of sp³-hybridized carbons (Fsp3) is 0.500. The fourth-order valence-electron chi connectivity index (χ4n) is 1.57. The molecule has 0 aromatic carbocycles. The number of halogens is 2. The summed E-state index contributed by atoms with van der Waals surface area (Å²) in [5, 5.41) is 2.56. The number of rotatable bonds is 6. The van der Waals surface area contributed by atoms with Crippen LogP contribution in [0.25, 0.3) is 0 Å². The summed E-state index contributed by atoms with van der Waals surface area (Å²) in [7, 11) is 1.69. The highest BCUT2D eigenvalue weighted by Crippen LogP contribution is 2.01. The molecule has 0 saturated carbocycles. The minimum absolute atomic E-state index is 0. The molecule has 1 aromatic heterocycles. The molecule has 1 aromatic rings. The van der Waals surface area contributed by atoms with Gasteiger partial charge in [-0.1, -0.05) is 13.8 Å². The van der Waals surface area contributed by atoms with E-state index in [0.717, 1.165) is 5.56 Å². The summed E-state index contributed by atoms with van der Waals surface area (Å²) in [6.07, 6.45) is 3.36. The molecule has 3 N–H and O–H groups in total. The number of pyridine rings is 1. The summed E-state index contributed by atoms with van der Waals surface area (Å²) in [4.78, 5) is 29.0. The molecule has 0 fully saturated rings. The van der Waals surface area contributed by atoms with Crippen LogP contribution < -0.4 is 11.1 Å². The second kappa shape index (κ2) is 11.2. The van der Waals surface area contributed by atoms with Crippen molar-refractivity contribution in [3.63, 3.8) is 0 Å². The van der Waals surface area contributed by atoms with Crippen LogP contribution in [0, 0.1) is 5.92 Å². The van der Waals surface area contributed by atoms with E-state index < -0.39 is 6.04 Å². The lowest BCUT2D eigenvalue weighted by molar-refractivity contribution is -0.132. The van der Waals surface area contributed by atoms with E-state index in [1.807, 2.05) is 26.0 Å². The molecule has 8 heteroatoms. The lowest BCUT2D eigenvalue weighted by Gasteiger charge is -2.19. The molecular weight excluding hydrogens is 327 g/mol. The van der Waals surface area contributed by atoms with E-state index in [2.05, 4.69) is 10.3 Å². The molecule has 6 nitrogen and oxygen atoms in total. The van der Waals surface area contributed by atoms with Gasteiger partial charge in [0.2, 0.25) is 11.8 Å². The Kier molecular flexibility index (Phi) is 11.7. The largest absolute Gasteiger partial charge is 0.346 e. The van der Waals surface area contributed by atoms with E-state index >= 15 is 0 Å². The van der Waals surface area contributed by atoms with Gasteiger partial charge < -0.3 is 16.0 Å². The standard InChI is InChI=1S/C14H22N4O2.2ClH/c1-10(2)13(15)14(20)17-8-12(19)18(3)9-11-4-6-16-7-5-11;;/h4-7,10,13H,8-9,15H2,1-3H3,(H,17,20);2*1H/t13-;;/m0../s1. The zero-order chi connectivity index (χ0) is 15.1. The smallest absolute Gasteiger partial charge is 0.242 e. The van der Waals surface area contributed by atoms with Gasteiger partial charge in [0.15, 0.2) is 0 Å². The molecule has 1 heterocycles. The Bertz CT molecular complexity index is 457. The highest BCUT2D eigenvalue weighted by atomic mass is 35.5. The van der Waals surface area contributed by atoms with Crippen LogP contribution in [0.4, 0.5) is 0 Å². The van der Waals surface area contributed by atoms with Crippen LogP contribution in [-0.2, 0) is 16.1 Å². The molecule has 0 unspecified atom stereocenters. The summed E-state index contributed by atoms with van der Waals surface area (Å²) < 4.78 is 0. The number of hydrogen-bond acceptors (Lipinski definition) is 4. The third-order valence-electron chi connectivity index (χ3n) is 3.03. The summed E-state index contributed by atoms with van der Waals surface area (Å²) in [5.41, 5.74) is 6.69. The number of nitrogens with two attached hydrogens (primary N) is 1. The number of amides is 2. The Hall–Kier alpha value is -1.37. The van der Waals surface area contributed by atoms with Gasteiger partial charge in [-0.15, -0.1) is 24.8 Å².